The van der Waals surface area contributed by atoms with Crippen molar-refractivity contribution in [1.82, 2.24) is 0 Å². The lowest BCUT2D eigenvalue weighted by atomic mass is 10.1. The summed E-state index contributed by atoms with van der Waals surface area (Å²) in [7, 11) is 0. The number of aliphatic carboxylic acids is 1. The Balaban J connectivity index is 3.41. The molecule has 5 nitrogen and oxygen atoms in total. The van der Waals surface area contributed by atoms with Crippen LogP contribution in [0.1, 0.15) is 77.6 Å². The summed E-state index contributed by atoms with van der Waals surface area (Å²) in [5.74, 6) is -1.33. The average molecular weight is 299 g/mol. The minimum absolute atomic E-state index is 0.135. The molecule has 21 heavy (non-hydrogen) atoms. The normalized spacial score (nSPS) is 12.6. The van der Waals surface area contributed by atoms with Crippen LogP contribution in [-0.2, 0) is 4.79 Å². The number of unbranched alkanes of at least 4 members (excludes halogenated alkanes) is 8. The standard InChI is InChI=1S/C16H29NO4/c1-2-3-4-5-6-7-8-9-10-11-12-13-14-15(16(18)19)17(20)21/h7-8,15H,2-6,9-14H2,1H3,(H,18,19). The zero-order chi connectivity index (χ0) is 15.9. The molecule has 1 atom stereocenters. The molecule has 1 unspecified atom stereocenters. The Morgan fingerprint density at radius 2 is 1.57 bits per heavy atom. The van der Waals surface area contributed by atoms with Crippen molar-refractivity contribution in [1.29, 1.82) is 0 Å². The Morgan fingerprint density at radius 3 is 2.05 bits per heavy atom. The van der Waals surface area contributed by atoms with Crippen LogP contribution in [-0.4, -0.2) is 22.0 Å². The number of carbonyl (C=O) groups is 1. The molecule has 0 amide bonds. The minimum Gasteiger partial charge on any atom is -0.476 e. The van der Waals surface area contributed by atoms with Crippen molar-refractivity contribution in [3.63, 3.8) is 0 Å². The largest absolute Gasteiger partial charge is 0.476 e. The van der Waals surface area contributed by atoms with Crippen LogP contribution in [0.5, 0.6) is 0 Å². The van der Waals surface area contributed by atoms with Crippen molar-refractivity contribution in [2.75, 3.05) is 0 Å². The number of carboxylic acid groups (broad SMARTS) is 1. The van der Waals surface area contributed by atoms with Crippen molar-refractivity contribution < 1.29 is 14.8 Å². The van der Waals surface area contributed by atoms with E-state index in [1.54, 1.807) is 0 Å². The van der Waals surface area contributed by atoms with E-state index in [-0.39, 0.29) is 6.42 Å². The van der Waals surface area contributed by atoms with Crippen LogP contribution in [0.25, 0.3) is 0 Å². The summed E-state index contributed by atoms with van der Waals surface area (Å²) in [6, 6.07) is -1.44. The highest BCUT2D eigenvalue weighted by Crippen LogP contribution is 2.10. The maximum atomic E-state index is 10.6. The molecule has 0 aromatic heterocycles. The Morgan fingerprint density at radius 1 is 1.05 bits per heavy atom. The van der Waals surface area contributed by atoms with Gasteiger partial charge in [-0.3, -0.25) is 10.1 Å². The lowest BCUT2D eigenvalue weighted by molar-refractivity contribution is -0.511. The van der Waals surface area contributed by atoms with E-state index in [1.165, 1.54) is 25.7 Å². The van der Waals surface area contributed by atoms with Crippen LogP contribution >= 0.6 is 0 Å². The van der Waals surface area contributed by atoms with E-state index in [4.69, 9.17) is 5.11 Å². The molecule has 0 fully saturated rings. The van der Waals surface area contributed by atoms with Gasteiger partial charge in [0.2, 0.25) is 0 Å². The molecule has 0 radical (unpaired) electrons. The molecule has 0 heterocycles. The molecule has 0 saturated carbocycles. The average Bonchev–Trinajstić information content (AvgIpc) is 2.43. The fourth-order valence-electron chi connectivity index (χ4n) is 2.20. The highest BCUT2D eigenvalue weighted by molar-refractivity contribution is 5.71. The van der Waals surface area contributed by atoms with Gasteiger partial charge in [-0.1, -0.05) is 51.2 Å². The van der Waals surface area contributed by atoms with E-state index in [0.717, 1.165) is 32.1 Å². The van der Waals surface area contributed by atoms with Crippen LogP contribution in [0, 0.1) is 10.1 Å². The predicted octanol–water partition coefficient (Wildman–Crippen LogP) is 4.58. The van der Waals surface area contributed by atoms with Gasteiger partial charge < -0.3 is 5.11 Å². The molecule has 0 spiro atoms. The number of hydrogen-bond acceptors (Lipinski definition) is 3. The van der Waals surface area contributed by atoms with Gasteiger partial charge in [0, 0.05) is 11.3 Å². The Bertz CT molecular complexity index is 301. The van der Waals surface area contributed by atoms with E-state index in [0.29, 0.717) is 6.42 Å². The predicted molar refractivity (Wildman–Crippen MR) is 84.0 cm³/mol. The van der Waals surface area contributed by atoms with Gasteiger partial charge in [0.1, 0.15) is 0 Å². The van der Waals surface area contributed by atoms with Crippen molar-refractivity contribution >= 4 is 5.97 Å². The van der Waals surface area contributed by atoms with Crippen molar-refractivity contribution in [3.05, 3.63) is 22.3 Å². The first-order valence-corrected chi connectivity index (χ1v) is 8.10. The topological polar surface area (TPSA) is 80.4 Å². The molecule has 5 heteroatoms. The van der Waals surface area contributed by atoms with E-state index in [1.807, 2.05) is 0 Å². The first-order valence-electron chi connectivity index (χ1n) is 8.10. The minimum atomic E-state index is -1.44. The maximum Gasteiger partial charge on any atom is 0.379 e. The van der Waals surface area contributed by atoms with Crippen molar-refractivity contribution in [3.8, 4) is 0 Å². The highest BCUT2D eigenvalue weighted by atomic mass is 16.6. The first-order chi connectivity index (χ1) is 10.1. The van der Waals surface area contributed by atoms with Gasteiger partial charge in [0.05, 0.1) is 0 Å². The summed E-state index contributed by atoms with van der Waals surface area (Å²) in [5.41, 5.74) is 0. The third-order valence-electron chi connectivity index (χ3n) is 3.53. The van der Waals surface area contributed by atoms with Gasteiger partial charge in [0.15, 0.2) is 0 Å². The van der Waals surface area contributed by atoms with Gasteiger partial charge in [0.25, 0.3) is 0 Å². The second-order valence-corrected chi connectivity index (χ2v) is 5.45. The number of hydrogen-bond donors (Lipinski definition) is 1. The summed E-state index contributed by atoms with van der Waals surface area (Å²) in [4.78, 5) is 20.4. The van der Waals surface area contributed by atoms with Crippen LogP contribution in [0.15, 0.2) is 12.2 Å². The summed E-state index contributed by atoms with van der Waals surface area (Å²) in [6.07, 6.45) is 15.5. The fraction of sp³-hybridized carbons (Fsp3) is 0.812. The van der Waals surface area contributed by atoms with Gasteiger partial charge >= 0.3 is 12.0 Å². The highest BCUT2D eigenvalue weighted by Gasteiger charge is 2.27. The summed E-state index contributed by atoms with van der Waals surface area (Å²) < 4.78 is 0. The molecule has 0 aliphatic rings. The summed E-state index contributed by atoms with van der Waals surface area (Å²) in [6.45, 7) is 2.21. The van der Waals surface area contributed by atoms with Gasteiger partial charge in [-0.05, 0) is 32.1 Å². The lowest BCUT2D eigenvalue weighted by Gasteiger charge is -2.04. The number of allylic oxidation sites excluding steroid dienone is 2. The van der Waals surface area contributed by atoms with E-state index >= 15 is 0 Å². The smallest absolute Gasteiger partial charge is 0.379 e. The van der Waals surface area contributed by atoms with Crippen LogP contribution in [0.2, 0.25) is 0 Å². The second kappa shape index (κ2) is 13.6. The van der Waals surface area contributed by atoms with Crippen LogP contribution in [0.4, 0.5) is 0 Å². The molecule has 1 N–H and O–H groups in total. The number of carboxylic acids is 1. The van der Waals surface area contributed by atoms with Gasteiger partial charge in [-0.25, -0.2) is 4.79 Å². The number of nitrogens with zero attached hydrogens (tertiary/aromatic N) is 1. The molecule has 0 aliphatic carbocycles. The third kappa shape index (κ3) is 12.1. The molecular formula is C16H29NO4. The molecule has 0 bridgehead atoms. The molecular weight excluding hydrogens is 270 g/mol. The van der Waals surface area contributed by atoms with Gasteiger partial charge in [-0.15, -0.1) is 0 Å². The Hall–Kier alpha value is -1.39. The zero-order valence-electron chi connectivity index (χ0n) is 13.1. The first kappa shape index (κ1) is 19.6. The van der Waals surface area contributed by atoms with Crippen LogP contribution < -0.4 is 0 Å². The second-order valence-electron chi connectivity index (χ2n) is 5.45. The van der Waals surface area contributed by atoms with Crippen molar-refractivity contribution in [2.45, 2.75) is 83.6 Å². The molecule has 0 rings (SSSR count). The molecule has 122 valence electrons. The van der Waals surface area contributed by atoms with Crippen LogP contribution in [0.3, 0.4) is 0 Å². The molecule has 0 aliphatic heterocycles. The lowest BCUT2D eigenvalue weighted by Crippen LogP contribution is -2.28. The third-order valence-corrected chi connectivity index (χ3v) is 3.53. The molecule has 0 saturated heterocycles. The quantitative estimate of drug-likeness (QED) is 0.220. The fourth-order valence-corrected chi connectivity index (χ4v) is 2.20. The zero-order valence-corrected chi connectivity index (χ0v) is 13.1. The Kier molecular flexibility index (Phi) is 12.7. The van der Waals surface area contributed by atoms with E-state index in [2.05, 4.69) is 19.1 Å². The van der Waals surface area contributed by atoms with Gasteiger partial charge in [-0.2, -0.15) is 0 Å². The maximum absolute atomic E-state index is 10.6. The monoisotopic (exact) mass is 299 g/mol. The SMILES string of the molecule is CCCCCCC=CCCCCCCC(C(=O)O)[N+](=O)[O-]. The van der Waals surface area contributed by atoms with E-state index in [9.17, 15) is 14.9 Å². The van der Waals surface area contributed by atoms with E-state index < -0.39 is 16.9 Å². The molecule has 0 aromatic carbocycles. The van der Waals surface area contributed by atoms with Crippen molar-refractivity contribution in [2.24, 2.45) is 0 Å². The summed E-state index contributed by atoms with van der Waals surface area (Å²) >= 11 is 0. The summed E-state index contributed by atoms with van der Waals surface area (Å²) in [5, 5.41) is 19.2. The molecule has 0 aromatic rings. The number of nitro groups is 1. The Labute approximate surface area is 127 Å². The number of rotatable bonds is 14.